The first-order valence-corrected chi connectivity index (χ1v) is 13.4. The van der Waals surface area contributed by atoms with Crippen LogP contribution in [0, 0.1) is 11.8 Å². The van der Waals surface area contributed by atoms with Crippen molar-refractivity contribution >= 4 is 11.4 Å². The van der Waals surface area contributed by atoms with Crippen LogP contribution in [0.3, 0.4) is 0 Å². The number of fused-ring (bicyclic) bond motifs is 3. The van der Waals surface area contributed by atoms with Crippen LogP contribution in [0.4, 0.5) is 0 Å². The highest BCUT2D eigenvalue weighted by Gasteiger charge is 2.50. The molecule has 0 aromatic heterocycles. The van der Waals surface area contributed by atoms with Crippen LogP contribution in [0.2, 0.25) is 0 Å². The Hall–Kier alpha value is -2.67. The first kappa shape index (κ1) is 23.7. The average molecular weight is 489 g/mol. The second-order valence-corrected chi connectivity index (χ2v) is 10.6. The number of methoxy groups -OCH3 is 1. The number of para-hydroxylation sites is 1. The standard InChI is InChI=1S/C30H36N2O4/c1-34-27-10-6-5-9-23(27)26-19-35-30-24(29(26)33)11-12-28-25(30)18-32(20-36-28)22-13-15-31(16-14-22)17-21-7-3-2-4-8-21/h2-10,19,22,24-25,28,30H,11-18,20H2,1H3. The van der Waals surface area contributed by atoms with Crippen molar-refractivity contribution in [2.24, 2.45) is 11.8 Å². The van der Waals surface area contributed by atoms with Gasteiger partial charge in [-0.3, -0.25) is 14.6 Å². The van der Waals surface area contributed by atoms with Crippen LogP contribution in [0.15, 0.2) is 60.9 Å². The van der Waals surface area contributed by atoms with Gasteiger partial charge in [-0.05, 0) is 50.4 Å². The number of benzene rings is 2. The van der Waals surface area contributed by atoms with Crippen LogP contribution in [0.1, 0.15) is 36.8 Å². The molecule has 2 aromatic carbocycles. The van der Waals surface area contributed by atoms with Crippen molar-refractivity contribution in [2.75, 3.05) is 33.5 Å². The summed E-state index contributed by atoms with van der Waals surface area (Å²) in [4.78, 5) is 18.7. The van der Waals surface area contributed by atoms with Crippen molar-refractivity contribution in [3.05, 3.63) is 72.0 Å². The van der Waals surface area contributed by atoms with Gasteiger partial charge < -0.3 is 14.2 Å². The minimum atomic E-state index is -0.118. The molecule has 2 aromatic rings. The molecule has 3 heterocycles. The lowest BCUT2D eigenvalue weighted by Gasteiger charge is -2.50. The van der Waals surface area contributed by atoms with Crippen molar-refractivity contribution in [3.63, 3.8) is 0 Å². The highest BCUT2D eigenvalue weighted by Crippen LogP contribution is 2.43. The lowest BCUT2D eigenvalue weighted by atomic mass is 9.71. The number of nitrogens with zero attached hydrogens (tertiary/aromatic N) is 2. The number of ether oxygens (including phenoxy) is 3. The van der Waals surface area contributed by atoms with Crippen molar-refractivity contribution in [2.45, 2.75) is 50.5 Å². The van der Waals surface area contributed by atoms with E-state index in [2.05, 4.69) is 40.1 Å². The van der Waals surface area contributed by atoms with Crippen LogP contribution in [-0.4, -0.2) is 67.3 Å². The number of carbonyl (C=O) groups is 1. The quantitative estimate of drug-likeness (QED) is 0.624. The Morgan fingerprint density at radius 2 is 1.75 bits per heavy atom. The van der Waals surface area contributed by atoms with E-state index in [1.165, 1.54) is 5.56 Å². The van der Waals surface area contributed by atoms with Gasteiger partial charge in [-0.25, -0.2) is 0 Å². The van der Waals surface area contributed by atoms with Gasteiger partial charge in [-0.1, -0.05) is 48.5 Å². The minimum absolute atomic E-state index is 0.115. The zero-order chi connectivity index (χ0) is 24.5. The zero-order valence-electron chi connectivity index (χ0n) is 21.1. The van der Waals surface area contributed by atoms with Gasteiger partial charge in [0.2, 0.25) is 0 Å². The predicted octanol–water partition coefficient (Wildman–Crippen LogP) is 4.35. The lowest BCUT2D eigenvalue weighted by Crippen LogP contribution is -2.59. The predicted molar refractivity (Wildman–Crippen MR) is 138 cm³/mol. The van der Waals surface area contributed by atoms with Gasteiger partial charge in [-0.2, -0.15) is 0 Å². The summed E-state index contributed by atoms with van der Waals surface area (Å²) in [6, 6.07) is 19.0. The number of ketones is 1. The molecule has 2 saturated heterocycles. The van der Waals surface area contributed by atoms with Crippen LogP contribution < -0.4 is 4.74 Å². The molecule has 4 atom stereocenters. The molecule has 4 aliphatic rings. The van der Waals surface area contributed by atoms with Crippen molar-refractivity contribution in [1.82, 2.24) is 9.80 Å². The van der Waals surface area contributed by atoms with Crippen LogP contribution >= 0.6 is 0 Å². The molecular formula is C30H36N2O4. The highest BCUT2D eigenvalue weighted by atomic mass is 16.5. The summed E-state index contributed by atoms with van der Waals surface area (Å²) in [5.41, 5.74) is 2.83. The normalized spacial score (nSPS) is 29.6. The van der Waals surface area contributed by atoms with Gasteiger partial charge in [0.15, 0.2) is 5.78 Å². The third kappa shape index (κ3) is 4.58. The SMILES string of the molecule is COc1ccccc1C1=COC2C(CCC3OCN(C4CCN(Cc5ccccc5)CC4)CC32)C1=O. The number of likely N-dealkylation sites (tertiary alicyclic amines) is 1. The van der Waals surface area contributed by atoms with E-state index in [1.807, 2.05) is 24.3 Å². The Balaban J connectivity index is 1.11. The van der Waals surface area contributed by atoms with Crippen molar-refractivity contribution < 1.29 is 19.0 Å². The summed E-state index contributed by atoms with van der Waals surface area (Å²) in [7, 11) is 1.64. The van der Waals surface area contributed by atoms with E-state index < -0.39 is 0 Å². The molecule has 6 heteroatoms. The Labute approximate surface area is 213 Å². The summed E-state index contributed by atoms with van der Waals surface area (Å²) >= 11 is 0. The fourth-order valence-electron chi connectivity index (χ4n) is 6.66. The monoisotopic (exact) mass is 488 g/mol. The molecule has 3 aliphatic heterocycles. The van der Waals surface area contributed by atoms with Crippen molar-refractivity contribution in [3.8, 4) is 5.75 Å². The number of carbonyl (C=O) groups excluding carboxylic acids is 1. The molecule has 0 N–H and O–H groups in total. The van der Waals surface area contributed by atoms with E-state index in [0.29, 0.717) is 24.1 Å². The average Bonchev–Trinajstić information content (AvgIpc) is 2.94. The minimum Gasteiger partial charge on any atom is -0.496 e. The molecule has 1 saturated carbocycles. The van der Waals surface area contributed by atoms with E-state index in [0.717, 1.165) is 57.4 Å². The molecule has 6 nitrogen and oxygen atoms in total. The van der Waals surface area contributed by atoms with Crippen LogP contribution in [0.5, 0.6) is 5.75 Å². The molecule has 4 unspecified atom stereocenters. The molecule has 0 amide bonds. The van der Waals surface area contributed by atoms with Gasteiger partial charge in [0, 0.05) is 30.6 Å². The number of allylic oxidation sites excluding steroid dienone is 1. The third-order valence-electron chi connectivity index (χ3n) is 8.62. The van der Waals surface area contributed by atoms with E-state index >= 15 is 0 Å². The summed E-state index contributed by atoms with van der Waals surface area (Å²) in [5.74, 6) is 0.992. The first-order valence-electron chi connectivity index (χ1n) is 13.4. The van der Waals surface area contributed by atoms with Gasteiger partial charge >= 0.3 is 0 Å². The fourth-order valence-corrected chi connectivity index (χ4v) is 6.66. The Kier molecular flexibility index (Phi) is 6.83. The summed E-state index contributed by atoms with van der Waals surface area (Å²) in [6.45, 7) is 4.88. The molecule has 36 heavy (non-hydrogen) atoms. The maximum Gasteiger partial charge on any atom is 0.173 e. The van der Waals surface area contributed by atoms with E-state index in [-0.39, 0.29) is 29.8 Å². The molecule has 0 radical (unpaired) electrons. The second-order valence-electron chi connectivity index (χ2n) is 10.6. The number of Topliss-reactive ketones (excluding diaryl/α,β-unsaturated/α-hetero) is 1. The van der Waals surface area contributed by atoms with E-state index in [4.69, 9.17) is 14.2 Å². The third-order valence-corrected chi connectivity index (χ3v) is 8.62. The van der Waals surface area contributed by atoms with Crippen LogP contribution in [0.25, 0.3) is 5.57 Å². The molecule has 0 spiro atoms. The van der Waals surface area contributed by atoms with Crippen molar-refractivity contribution in [1.29, 1.82) is 0 Å². The van der Waals surface area contributed by atoms with Crippen LogP contribution in [-0.2, 0) is 20.8 Å². The van der Waals surface area contributed by atoms with Gasteiger partial charge in [0.05, 0.1) is 37.7 Å². The molecule has 3 fully saturated rings. The summed E-state index contributed by atoms with van der Waals surface area (Å²) < 4.78 is 18.2. The Bertz CT molecular complexity index is 1100. The Morgan fingerprint density at radius 1 is 0.972 bits per heavy atom. The highest BCUT2D eigenvalue weighted by molar-refractivity contribution is 6.22. The number of hydrogen-bond acceptors (Lipinski definition) is 6. The summed E-state index contributed by atoms with van der Waals surface area (Å²) in [5, 5.41) is 0. The molecule has 190 valence electrons. The lowest BCUT2D eigenvalue weighted by molar-refractivity contribution is -0.179. The second kappa shape index (κ2) is 10.4. The maximum atomic E-state index is 13.6. The van der Waals surface area contributed by atoms with Gasteiger partial charge in [0.25, 0.3) is 0 Å². The smallest absolute Gasteiger partial charge is 0.173 e. The largest absolute Gasteiger partial charge is 0.496 e. The van der Waals surface area contributed by atoms with Gasteiger partial charge in [-0.15, -0.1) is 0 Å². The maximum absolute atomic E-state index is 13.6. The number of piperidine rings is 1. The fraction of sp³-hybridized carbons (Fsp3) is 0.500. The van der Waals surface area contributed by atoms with E-state index in [1.54, 1.807) is 13.4 Å². The van der Waals surface area contributed by atoms with E-state index in [9.17, 15) is 4.79 Å². The van der Waals surface area contributed by atoms with Gasteiger partial charge in [0.1, 0.15) is 11.9 Å². The number of rotatable bonds is 5. The topological polar surface area (TPSA) is 51.2 Å². The molecular weight excluding hydrogens is 452 g/mol. The number of hydrogen-bond donors (Lipinski definition) is 0. The first-order chi connectivity index (χ1) is 17.7. The Morgan fingerprint density at radius 3 is 2.56 bits per heavy atom. The molecule has 0 bridgehead atoms. The zero-order valence-corrected chi connectivity index (χ0v) is 21.1. The molecule has 1 aliphatic carbocycles. The molecule has 6 rings (SSSR count). The summed E-state index contributed by atoms with van der Waals surface area (Å²) in [6.07, 6.45) is 5.78.